The van der Waals surface area contributed by atoms with Crippen molar-refractivity contribution in [1.29, 1.82) is 0 Å². The fourth-order valence-corrected chi connectivity index (χ4v) is 2.62. The van der Waals surface area contributed by atoms with E-state index in [0.29, 0.717) is 12.0 Å². The van der Waals surface area contributed by atoms with Crippen LogP contribution < -0.4 is 10.6 Å². The van der Waals surface area contributed by atoms with Crippen LogP contribution in [0.2, 0.25) is 0 Å². The average molecular weight is 218 g/mol. The highest BCUT2D eigenvalue weighted by Crippen LogP contribution is 2.32. The maximum absolute atomic E-state index is 5.80. The average Bonchev–Trinajstić information content (AvgIpc) is 2.27. The molecule has 0 unspecified atom stereocenters. The largest absolute Gasteiger partial charge is 0.371 e. The molecule has 88 valence electrons. The van der Waals surface area contributed by atoms with Crippen molar-refractivity contribution in [2.75, 3.05) is 18.0 Å². The second-order valence-corrected chi connectivity index (χ2v) is 5.52. The van der Waals surface area contributed by atoms with Crippen LogP contribution in [0, 0.1) is 5.41 Å². The number of rotatable bonds is 2. The number of hydrogen-bond donors (Lipinski definition) is 1. The van der Waals surface area contributed by atoms with Gasteiger partial charge in [-0.05, 0) is 29.9 Å². The van der Waals surface area contributed by atoms with Gasteiger partial charge in [0.2, 0.25) is 0 Å². The first-order valence-electron chi connectivity index (χ1n) is 6.15. The topological polar surface area (TPSA) is 29.3 Å². The molecule has 2 N–H and O–H groups in total. The molecule has 0 atom stereocenters. The van der Waals surface area contributed by atoms with Crippen LogP contribution in [-0.4, -0.2) is 13.1 Å². The van der Waals surface area contributed by atoms with E-state index in [0.717, 1.165) is 6.54 Å². The van der Waals surface area contributed by atoms with Crippen molar-refractivity contribution in [3.05, 3.63) is 29.8 Å². The third-order valence-corrected chi connectivity index (χ3v) is 3.45. The summed E-state index contributed by atoms with van der Waals surface area (Å²) >= 11 is 0. The van der Waals surface area contributed by atoms with Gasteiger partial charge in [-0.1, -0.05) is 32.0 Å². The third-order valence-electron chi connectivity index (χ3n) is 3.45. The zero-order valence-electron chi connectivity index (χ0n) is 10.4. The monoisotopic (exact) mass is 218 g/mol. The van der Waals surface area contributed by atoms with Crippen LogP contribution in [0.4, 0.5) is 5.69 Å². The molecular formula is C14H22N2. The van der Waals surface area contributed by atoms with Gasteiger partial charge < -0.3 is 10.6 Å². The summed E-state index contributed by atoms with van der Waals surface area (Å²) in [5, 5.41) is 0. The van der Waals surface area contributed by atoms with Gasteiger partial charge in [0.15, 0.2) is 0 Å². The lowest BCUT2D eigenvalue weighted by Gasteiger charge is -2.40. The molecule has 1 aliphatic rings. The van der Waals surface area contributed by atoms with Gasteiger partial charge in [0.25, 0.3) is 0 Å². The first kappa shape index (κ1) is 11.5. The Morgan fingerprint density at radius 1 is 1.31 bits per heavy atom. The van der Waals surface area contributed by atoms with Gasteiger partial charge in [0, 0.05) is 25.3 Å². The molecule has 1 aliphatic heterocycles. The molecule has 0 aliphatic carbocycles. The maximum Gasteiger partial charge on any atom is 0.0411 e. The number of nitrogens with two attached hydrogens (primary N) is 1. The Morgan fingerprint density at radius 2 is 2.06 bits per heavy atom. The molecule has 2 nitrogen and oxygen atoms in total. The van der Waals surface area contributed by atoms with E-state index in [1.807, 2.05) is 0 Å². The lowest BCUT2D eigenvalue weighted by Crippen LogP contribution is -2.40. The Morgan fingerprint density at radius 3 is 2.75 bits per heavy atom. The van der Waals surface area contributed by atoms with E-state index in [2.05, 4.69) is 43.0 Å². The fourth-order valence-electron chi connectivity index (χ4n) is 2.62. The van der Waals surface area contributed by atoms with Crippen LogP contribution in [0.1, 0.15) is 32.3 Å². The van der Waals surface area contributed by atoms with Crippen LogP contribution in [0.25, 0.3) is 0 Å². The van der Waals surface area contributed by atoms with Crippen molar-refractivity contribution in [2.24, 2.45) is 11.1 Å². The highest BCUT2D eigenvalue weighted by molar-refractivity contribution is 5.54. The molecule has 1 heterocycles. The van der Waals surface area contributed by atoms with Gasteiger partial charge in [0.1, 0.15) is 0 Å². The summed E-state index contributed by atoms with van der Waals surface area (Å²) in [4.78, 5) is 2.49. The lowest BCUT2D eigenvalue weighted by molar-refractivity contribution is 0.293. The van der Waals surface area contributed by atoms with E-state index < -0.39 is 0 Å². The van der Waals surface area contributed by atoms with Crippen LogP contribution >= 0.6 is 0 Å². The molecule has 16 heavy (non-hydrogen) atoms. The predicted octanol–water partition coefficient (Wildman–Crippen LogP) is 2.77. The van der Waals surface area contributed by atoms with Crippen molar-refractivity contribution in [3.8, 4) is 0 Å². The quantitative estimate of drug-likeness (QED) is 0.827. The molecule has 1 aromatic rings. The molecule has 2 heteroatoms. The SMILES string of the molecule is CC1(C)CCCN(c2ccccc2CN)C1. The van der Waals surface area contributed by atoms with E-state index >= 15 is 0 Å². The second kappa shape index (κ2) is 4.46. The Balaban J connectivity index is 2.23. The van der Waals surface area contributed by atoms with Gasteiger partial charge in [-0.3, -0.25) is 0 Å². The number of piperidine rings is 1. The van der Waals surface area contributed by atoms with Gasteiger partial charge in [-0.2, -0.15) is 0 Å². The van der Waals surface area contributed by atoms with Crippen LogP contribution in [0.15, 0.2) is 24.3 Å². The lowest BCUT2D eigenvalue weighted by atomic mass is 9.84. The van der Waals surface area contributed by atoms with Crippen molar-refractivity contribution in [1.82, 2.24) is 0 Å². The van der Waals surface area contributed by atoms with Crippen LogP contribution in [0.5, 0.6) is 0 Å². The summed E-state index contributed by atoms with van der Waals surface area (Å²) < 4.78 is 0. The number of benzene rings is 1. The molecule has 2 rings (SSSR count). The smallest absolute Gasteiger partial charge is 0.0411 e. The summed E-state index contributed by atoms with van der Waals surface area (Å²) in [5.41, 5.74) is 8.82. The molecule has 0 bridgehead atoms. The van der Waals surface area contributed by atoms with Crippen molar-refractivity contribution in [3.63, 3.8) is 0 Å². The standard InChI is InChI=1S/C14H22N2/c1-14(2)8-5-9-16(11-14)13-7-4-3-6-12(13)10-15/h3-4,6-7H,5,8-11,15H2,1-2H3. The summed E-state index contributed by atoms with van der Waals surface area (Å²) in [6.45, 7) is 7.64. The minimum atomic E-state index is 0.431. The zero-order chi connectivity index (χ0) is 11.6. The first-order valence-corrected chi connectivity index (χ1v) is 6.15. The molecular weight excluding hydrogens is 196 g/mol. The van der Waals surface area contributed by atoms with Crippen molar-refractivity contribution in [2.45, 2.75) is 33.2 Å². The van der Waals surface area contributed by atoms with E-state index in [4.69, 9.17) is 5.73 Å². The molecule has 1 aromatic carbocycles. The van der Waals surface area contributed by atoms with Gasteiger partial charge >= 0.3 is 0 Å². The number of nitrogens with zero attached hydrogens (tertiary/aromatic N) is 1. The van der Waals surface area contributed by atoms with Crippen LogP contribution in [0.3, 0.4) is 0 Å². The Bertz CT molecular complexity index is 358. The second-order valence-electron chi connectivity index (χ2n) is 5.52. The molecule has 1 saturated heterocycles. The molecule has 0 saturated carbocycles. The van der Waals surface area contributed by atoms with Gasteiger partial charge in [0.05, 0.1) is 0 Å². The van der Waals surface area contributed by atoms with Gasteiger partial charge in [-0.15, -0.1) is 0 Å². The Labute approximate surface area is 98.4 Å². The normalized spacial score (nSPS) is 19.8. The summed E-state index contributed by atoms with van der Waals surface area (Å²) in [6, 6.07) is 8.51. The maximum atomic E-state index is 5.80. The number of para-hydroxylation sites is 1. The third kappa shape index (κ3) is 2.38. The molecule has 0 amide bonds. The Hall–Kier alpha value is -1.02. The van der Waals surface area contributed by atoms with Gasteiger partial charge in [-0.25, -0.2) is 0 Å². The highest BCUT2D eigenvalue weighted by atomic mass is 15.1. The highest BCUT2D eigenvalue weighted by Gasteiger charge is 2.27. The fraction of sp³-hybridized carbons (Fsp3) is 0.571. The summed E-state index contributed by atoms with van der Waals surface area (Å²) in [7, 11) is 0. The minimum absolute atomic E-state index is 0.431. The number of hydrogen-bond acceptors (Lipinski definition) is 2. The predicted molar refractivity (Wildman–Crippen MR) is 69.6 cm³/mol. The zero-order valence-corrected chi connectivity index (χ0v) is 10.4. The van der Waals surface area contributed by atoms with Crippen molar-refractivity contribution >= 4 is 5.69 Å². The van der Waals surface area contributed by atoms with E-state index in [1.54, 1.807) is 0 Å². The molecule has 0 spiro atoms. The summed E-state index contributed by atoms with van der Waals surface area (Å²) in [6.07, 6.45) is 2.61. The van der Waals surface area contributed by atoms with E-state index in [9.17, 15) is 0 Å². The van der Waals surface area contributed by atoms with E-state index in [-0.39, 0.29) is 0 Å². The Kier molecular flexibility index (Phi) is 3.20. The van der Waals surface area contributed by atoms with E-state index in [1.165, 1.54) is 30.6 Å². The number of anilines is 1. The summed E-state index contributed by atoms with van der Waals surface area (Å²) in [5.74, 6) is 0. The van der Waals surface area contributed by atoms with Crippen molar-refractivity contribution < 1.29 is 0 Å². The first-order chi connectivity index (χ1) is 7.62. The van der Waals surface area contributed by atoms with Crippen LogP contribution in [-0.2, 0) is 6.54 Å². The molecule has 0 aromatic heterocycles. The molecule has 1 fully saturated rings. The molecule has 0 radical (unpaired) electrons. The minimum Gasteiger partial charge on any atom is -0.371 e.